The number of hydrogen-bond acceptors (Lipinski definition) is 5. The van der Waals surface area contributed by atoms with Crippen molar-refractivity contribution in [3.05, 3.63) is 17.5 Å². The van der Waals surface area contributed by atoms with E-state index < -0.39 is 29.6 Å². The Balaban J connectivity index is 2.81. The number of halogens is 3. The molecule has 3 N–H and O–H groups in total. The second-order valence-electron chi connectivity index (χ2n) is 3.51. The number of aliphatic hydroxyl groups excluding tert-OH is 2. The van der Waals surface area contributed by atoms with E-state index in [4.69, 9.17) is 0 Å². The van der Waals surface area contributed by atoms with E-state index in [0.717, 1.165) is 18.0 Å². The summed E-state index contributed by atoms with van der Waals surface area (Å²) in [6.45, 7) is 1.25. The summed E-state index contributed by atoms with van der Waals surface area (Å²) in [5.74, 6) is -0.195. The lowest BCUT2D eigenvalue weighted by Crippen LogP contribution is -2.23. The molecule has 2 atom stereocenters. The van der Waals surface area contributed by atoms with Crippen LogP contribution in [-0.4, -0.2) is 37.4 Å². The molecular formula is C9H11F3N2O3S. The zero-order chi connectivity index (χ0) is 13.9. The number of hydrogen-bond donors (Lipinski definition) is 3. The molecule has 0 amide bonds. The Hall–Kier alpha value is -1.06. The highest BCUT2D eigenvalue weighted by molar-refractivity contribution is 8.13. The van der Waals surface area contributed by atoms with E-state index in [2.05, 4.69) is 5.10 Å². The first kappa shape index (κ1) is 15.0. The molecule has 5 nitrogen and oxygen atoms in total. The molecule has 1 aromatic rings. The number of H-pyrrole nitrogens is 1. The smallest absolute Gasteiger partial charge is 0.389 e. The molecule has 9 heteroatoms. The summed E-state index contributed by atoms with van der Waals surface area (Å²) in [6, 6.07) is 0. The van der Waals surface area contributed by atoms with Gasteiger partial charge in [-0.2, -0.15) is 18.3 Å². The molecule has 0 bridgehead atoms. The van der Waals surface area contributed by atoms with Crippen molar-refractivity contribution < 1.29 is 28.2 Å². The number of carbonyl (C=O) groups is 1. The molecule has 0 spiro atoms. The predicted octanol–water partition coefficient (Wildman–Crippen LogP) is 1.10. The van der Waals surface area contributed by atoms with Crippen LogP contribution in [-0.2, 0) is 11.0 Å². The van der Waals surface area contributed by atoms with E-state index in [1.807, 2.05) is 0 Å². The molecule has 0 aliphatic heterocycles. The number of carbonyl (C=O) groups excluding carboxylic acids is 1. The first-order valence-corrected chi connectivity index (χ1v) is 5.82. The van der Waals surface area contributed by atoms with Gasteiger partial charge in [0, 0.05) is 18.2 Å². The third-order valence-corrected chi connectivity index (χ3v) is 3.01. The van der Waals surface area contributed by atoms with Gasteiger partial charge in [0.05, 0.1) is 12.3 Å². The lowest BCUT2D eigenvalue weighted by atomic mass is 10.1. The number of aromatic amines is 1. The summed E-state index contributed by atoms with van der Waals surface area (Å²) in [5, 5.41) is 23.7. The summed E-state index contributed by atoms with van der Waals surface area (Å²) < 4.78 is 37.5. The van der Waals surface area contributed by atoms with Gasteiger partial charge in [0.1, 0.15) is 11.8 Å². The van der Waals surface area contributed by atoms with Crippen LogP contribution in [0.25, 0.3) is 0 Å². The molecule has 102 valence electrons. The Morgan fingerprint density at radius 2 is 2.17 bits per heavy atom. The zero-order valence-corrected chi connectivity index (χ0v) is 10.0. The van der Waals surface area contributed by atoms with Crippen LogP contribution in [0.4, 0.5) is 13.2 Å². The van der Waals surface area contributed by atoms with Crippen LogP contribution in [0.1, 0.15) is 24.3 Å². The Labute approximate surface area is 104 Å². The lowest BCUT2D eigenvalue weighted by molar-refractivity contribution is -0.143. The van der Waals surface area contributed by atoms with Gasteiger partial charge in [-0.1, -0.05) is 11.8 Å². The van der Waals surface area contributed by atoms with Crippen molar-refractivity contribution in [2.24, 2.45) is 0 Å². The van der Waals surface area contributed by atoms with Crippen molar-refractivity contribution in [3.63, 3.8) is 0 Å². The maximum absolute atomic E-state index is 12.5. The van der Waals surface area contributed by atoms with Crippen molar-refractivity contribution >= 4 is 16.9 Å². The van der Waals surface area contributed by atoms with Crippen molar-refractivity contribution in [2.75, 3.05) is 5.75 Å². The van der Waals surface area contributed by atoms with Crippen molar-refractivity contribution in [1.82, 2.24) is 10.2 Å². The van der Waals surface area contributed by atoms with Gasteiger partial charge in [-0.25, -0.2) is 0 Å². The van der Waals surface area contributed by atoms with E-state index in [1.54, 1.807) is 5.10 Å². The summed E-state index contributed by atoms with van der Waals surface area (Å²) in [6.07, 6.45) is -7.14. The van der Waals surface area contributed by atoms with Gasteiger partial charge in [0.25, 0.3) is 0 Å². The number of aliphatic hydroxyl groups is 2. The summed E-state index contributed by atoms with van der Waals surface area (Å²) in [4.78, 5) is 10.7. The van der Waals surface area contributed by atoms with Gasteiger partial charge in [0.15, 0.2) is 5.12 Å². The predicted molar refractivity (Wildman–Crippen MR) is 57.7 cm³/mol. The van der Waals surface area contributed by atoms with Gasteiger partial charge >= 0.3 is 6.18 Å². The maximum Gasteiger partial charge on any atom is 0.433 e. The number of nitrogens with one attached hydrogen (secondary N) is 1. The SMILES string of the molecule is CC(=O)SCC(O)C(O)c1cn[nH]c1C(F)(F)F. The van der Waals surface area contributed by atoms with Crippen LogP contribution >= 0.6 is 11.8 Å². The minimum absolute atomic E-state index is 0.195. The highest BCUT2D eigenvalue weighted by atomic mass is 32.2. The number of thioether (sulfide) groups is 1. The van der Waals surface area contributed by atoms with E-state index in [9.17, 15) is 28.2 Å². The fourth-order valence-electron chi connectivity index (χ4n) is 1.25. The average Bonchev–Trinajstić information content (AvgIpc) is 2.72. The molecule has 0 aliphatic rings. The number of nitrogens with zero attached hydrogens (tertiary/aromatic N) is 1. The summed E-state index contributed by atoms with van der Waals surface area (Å²) >= 11 is 0.718. The van der Waals surface area contributed by atoms with Crippen molar-refractivity contribution in [2.45, 2.75) is 25.3 Å². The van der Waals surface area contributed by atoms with Gasteiger partial charge in [0.2, 0.25) is 0 Å². The van der Waals surface area contributed by atoms with Crippen LogP contribution in [0.5, 0.6) is 0 Å². The minimum Gasteiger partial charge on any atom is -0.389 e. The number of aromatic nitrogens is 2. The van der Waals surface area contributed by atoms with Gasteiger partial charge < -0.3 is 10.2 Å². The van der Waals surface area contributed by atoms with Crippen LogP contribution < -0.4 is 0 Å². The average molecular weight is 284 g/mol. The van der Waals surface area contributed by atoms with Crippen molar-refractivity contribution in [3.8, 4) is 0 Å². The molecule has 1 heterocycles. The topological polar surface area (TPSA) is 86.2 Å². The molecule has 0 aromatic carbocycles. The molecule has 18 heavy (non-hydrogen) atoms. The van der Waals surface area contributed by atoms with Crippen LogP contribution in [0.2, 0.25) is 0 Å². The highest BCUT2D eigenvalue weighted by Gasteiger charge is 2.38. The Morgan fingerprint density at radius 3 is 2.67 bits per heavy atom. The van der Waals surface area contributed by atoms with Crippen molar-refractivity contribution in [1.29, 1.82) is 0 Å². The first-order chi connectivity index (χ1) is 8.23. The van der Waals surface area contributed by atoms with E-state index in [0.29, 0.717) is 0 Å². The van der Waals surface area contributed by atoms with Crippen LogP contribution in [0.3, 0.4) is 0 Å². The molecule has 2 unspecified atom stereocenters. The minimum atomic E-state index is -4.69. The highest BCUT2D eigenvalue weighted by Crippen LogP contribution is 2.34. The van der Waals surface area contributed by atoms with Crippen LogP contribution in [0.15, 0.2) is 6.20 Å². The Kier molecular flexibility index (Phi) is 4.77. The van der Waals surface area contributed by atoms with Gasteiger partial charge in [-0.15, -0.1) is 0 Å². The lowest BCUT2D eigenvalue weighted by Gasteiger charge is -2.17. The van der Waals surface area contributed by atoms with Gasteiger partial charge in [-0.05, 0) is 0 Å². The fourth-order valence-corrected chi connectivity index (χ4v) is 1.84. The molecule has 0 saturated carbocycles. The molecule has 0 radical (unpaired) electrons. The normalized spacial score (nSPS) is 15.4. The van der Waals surface area contributed by atoms with E-state index in [-0.39, 0.29) is 10.9 Å². The largest absolute Gasteiger partial charge is 0.433 e. The fraction of sp³-hybridized carbons (Fsp3) is 0.556. The number of rotatable bonds is 4. The Morgan fingerprint density at radius 1 is 1.56 bits per heavy atom. The zero-order valence-electron chi connectivity index (χ0n) is 9.23. The molecule has 1 aromatic heterocycles. The Bertz CT molecular complexity index is 421. The second kappa shape index (κ2) is 5.72. The van der Waals surface area contributed by atoms with Gasteiger partial charge in [-0.3, -0.25) is 9.89 Å². The first-order valence-electron chi connectivity index (χ1n) is 4.83. The third-order valence-electron chi connectivity index (χ3n) is 2.09. The van der Waals surface area contributed by atoms with E-state index in [1.165, 1.54) is 6.92 Å². The van der Waals surface area contributed by atoms with E-state index >= 15 is 0 Å². The number of alkyl halides is 3. The monoisotopic (exact) mass is 284 g/mol. The standard InChI is InChI=1S/C9H11F3N2O3S/c1-4(15)18-3-6(16)7(17)5-2-13-14-8(5)9(10,11)12/h2,6-7,16-17H,3H2,1H3,(H,13,14). The second-order valence-corrected chi connectivity index (χ2v) is 4.71. The maximum atomic E-state index is 12.5. The third kappa shape index (κ3) is 3.72. The molecule has 0 aliphatic carbocycles. The van der Waals surface area contributed by atoms with Crippen LogP contribution in [0, 0.1) is 0 Å². The quantitative estimate of drug-likeness (QED) is 0.771. The summed E-state index contributed by atoms with van der Waals surface area (Å²) in [5.41, 5.74) is -1.75. The molecule has 1 rings (SSSR count). The molecule has 0 fully saturated rings. The molecule has 0 saturated heterocycles. The summed E-state index contributed by atoms with van der Waals surface area (Å²) in [7, 11) is 0. The molecular weight excluding hydrogens is 273 g/mol.